The summed E-state index contributed by atoms with van der Waals surface area (Å²) in [4.78, 5) is 39.6. The Morgan fingerprint density at radius 1 is 1.06 bits per heavy atom. The van der Waals surface area contributed by atoms with Crippen LogP contribution in [0.25, 0.3) is 0 Å². The lowest BCUT2D eigenvalue weighted by molar-refractivity contribution is -0.139. The van der Waals surface area contributed by atoms with Crippen molar-refractivity contribution in [2.75, 3.05) is 17.1 Å². The van der Waals surface area contributed by atoms with Crippen LogP contribution in [0.4, 0.5) is 5.69 Å². The number of amides is 2. The first-order valence-electron chi connectivity index (χ1n) is 11.3. The smallest absolute Gasteiger partial charge is 0.244 e. The van der Waals surface area contributed by atoms with Gasteiger partial charge in [-0.2, -0.15) is 0 Å². The lowest BCUT2D eigenvalue weighted by atomic mass is 10.1. The number of halogens is 1. The number of anilines is 1. The molecular weight excluding hydrogens is 534 g/mol. The van der Waals surface area contributed by atoms with E-state index in [1.807, 2.05) is 38.1 Å². The predicted molar refractivity (Wildman–Crippen MR) is 141 cm³/mol. The molecule has 0 aliphatic heterocycles. The summed E-state index contributed by atoms with van der Waals surface area (Å²) in [5.41, 5.74) is 1.31. The maximum absolute atomic E-state index is 13.5. The molecule has 190 valence electrons. The third-order valence-corrected chi connectivity index (χ3v) is 7.26. The average Bonchev–Trinajstić information content (AvgIpc) is 2.79. The fourth-order valence-corrected chi connectivity index (χ4v) is 4.66. The zero-order valence-corrected chi connectivity index (χ0v) is 23.0. The third kappa shape index (κ3) is 8.17. The van der Waals surface area contributed by atoms with E-state index in [0.717, 1.165) is 27.0 Å². The maximum atomic E-state index is 13.5. The van der Waals surface area contributed by atoms with Crippen LogP contribution >= 0.6 is 15.9 Å². The van der Waals surface area contributed by atoms with E-state index < -0.39 is 28.5 Å². The summed E-state index contributed by atoms with van der Waals surface area (Å²) in [5.74, 6) is -1.10. The van der Waals surface area contributed by atoms with Crippen molar-refractivity contribution < 1.29 is 22.8 Å². The zero-order valence-electron chi connectivity index (χ0n) is 20.6. The highest BCUT2D eigenvalue weighted by atomic mass is 79.9. The van der Waals surface area contributed by atoms with Gasteiger partial charge in [0.05, 0.1) is 11.9 Å². The van der Waals surface area contributed by atoms with E-state index in [1.54, 1.807) is 19.1 Å². The number of nitrogens with zero attached hydrogens (tertiary/aromatic N) is 2. The minimum absolute atomic E-state index is 0.0744. The number of Topliss-reactive ketones (excluding diaryl/α,β-unsaturated/α-hetero) is 1. The number of ketones is 1. The molecule has 0 aromatic heterocycles. The Kier molecular flexibility index (Phi) is 10.0. The Hall–Kier alpha value is -2.72. The average molecular weight is 567 g/mol. The Bertz CT molecular complexity index is 1190. The lowest BCUT2D eigenvalue weighted by Gasteiger charge is -2.32. The molecule has 2 aromatic rings. The van der Waals surface area contributed by atoms with E-state index in [1.165, 1.54) is 24.0 Å². The standard InChI is InChI=1S/C25H32BrN3O5S/c1-6-17(2)27-25(32)18(3)28(15-20-9-7-11-22(26)13-20)24(31)16-29(35(5,33)34)23-12-8-10-21(14-23)19(4)30/h7-14,17-18H,6,15-16H2,1-5H3,(H,27,32)/t17-,18+/m0/s1. The van der Waals surface area contributed by atoms with E-state index >= 15 is 0 Å². The Morgan fingerprint density at radius 3 is 2.29 bits per heavy atom. The first-order valence-corrected chi connectivity index (χ1v) is 13.9. The number of nitrogens with one attached hydrogen (secondary N) is 1. The van der Waals surface area contributed by atoms with Gasteiger partial charge < -0.3 is 10.2 Å². The van der Waals surface area contributed by atoms with Crippen molar-refractivity contribution >= 4 is 49.2 Å². The highest BCUT2D eigenvalue weighted by Crippen LogP contribution is 2.21. The second-order valence-corrected chi connectivity index (χ2v) is 11.3. The topological polar surface area (TPSA) is 104 Å². The Labute approximate surface area is 215 Å². The minimum atomic E-state index is -3.87. The molecule has 0 aliphatic carbocycles. The predicted octanol–water partition coefficient (Wildman–Crippen LogP) is 3.75. The number of hydrogen-bond acceptors (Lipinski definition) is 5. The van der Waals surface area contributed by atoms with E-state index in [-0.39, 0.29) is 30.0 Å². The Morgan fingerprint density at radius 2 is 1.71 bits per heavy atom. The van der Waals surface area contributed by atoms with Gasteiger partial charge >= 0.3 is 0 Å². The summed E-state index contributed by atoms with van der Waals surface area (Å²) >= 11 is 3.41. The minimum Gasteiger partial charge on any atom is -0.352 e. The van der Waals surface area contributed by atoms with E-state index in [0.29, 0.717) is 5.56 Å². The molecule has 8 nitrogen and oxygen atoms in total. The number of sulfonamides is 1. The molecule has 2 aromatic carbocycles. The molecule has 0 unspecified atom stereocenters. The lowest BCUT2D eigenvalue weighted by Crippen LogP contribution is -2.52. The molecule has 35 heavy (non-hydrogen) atoms. The van der Waals surface area contributed by atoms with Crippen LogP contribution in [0.3, 0.4) is 0 Å². The number of benzene rings is 2. The second kappa shape index (κ2) is 12.3. The molecule has 2 rings (SSSR count). The second-order valence-electron chi connectivity index (χ2n) is 8.52. The summed E-state index contributed by atoms with van der Waals surface area (Å²) in [6.07, 6.45) is 1.73. The van der Waals surface area contributed by atoms with Crippen LogP contribution in [0.5, 0.6) is 0 Å². The van der Waals surface area contributed by atoms with Crippen LogP contribution in [0, 0.1) is 0 Å². The summed E-state index contributed by atoms with van der Waals surface area (Å²) in [6, 6.07) is 12.5. The van der Waals surface area contributed by atoms with Crippen molar-refractivity contribution in [3.63, 3.8) is 0 Å². The van der Waals surface area contributed by atoms with Crippen molar-refractivity contribution in [1.82, 2.24) is 10.2 Å². The molecule has 2 amide bonds. The van der Waals surface area contributed by atoms with Crippen molar-refractivity contribution in [1.29, 1.82) is 0 Å². The molecule has 10 heteroatoms. The monoisotopic (exact) mass is 565 g/mol. The SMILES string of the molecule is CC[C@H](C)NC(=O)[C@@H](C)N(Cc1cccc(Br)c1)C(=O)CN(c1cccc(C(C)=O)c1)S(C)(=O)=O. The third-order valence-electron chi connectivity index (χ3n) is 5.63. The molecule has 1 N–H and O–H groups in total. The first-order chi connectivity index (χ1) is 16.3. The normalized spacial score (nSPS) is 13.0. The molecule has 0 fully saturated rings. The molecule has 0 radical (unpaired) electrons. The van der Waals surface area contributed by atoms with Crippen molar-refractivity contribution in [2.45, 2.75) is 52.7 Å². The van der Waals surface area contributed by atoms with Gasteiger partial charge in [0.25, 0.3) is 0 Å². The number of hydrogen-bond donors (Lipinski definition) is 1. The van der Waals surface area contributed by atoms with Gasteiger partial charge in [0.1, 0.15) is 12.6 Å². The first kappa shape index (κ1) is 28.5. The Balaban J connectivity index is 2.43. The molecule has 0 aliphatic rings. The summed E-state index contributed by atoms with van der Waals surface area (Å²) in [6.45, 7) is 6.41. The highest BCUT2D eigenvalue weighted by Gasteiger charge is 2.30. The van der Waals surface area contributed by atoms with Crippen LogP contribution in [0.15, 0.2) is 53.0 Å². The molecular formula is C25H32BrN3O5S. The molecule has 0 saturated heterocycles. The van der Waals surface area contributed by atoms with Gasteiger partial charge in [-0.25, -0.2) is 8.42 Å². The van der Waals surface area contributed by atoms with Crippen molar-refractivity contribution in [3.8, 4) is 0 Å². The van der Waals surface area contributed by atoms with Crippen LogP contribution in [0.1, 0.15) is 50.0 Å². The van der Waals surface area contributed by atoms with Crippen LogP contribution in [0.2, 0.25) is 0 Å². The van der Waals surface area contributed by atoms with E-state index in [4.69, 9.17) is 0 Å². The largest absolute Gasteiger partial charge is 0.352 e. The van der Waals surface area contributed by atoms with Crippen molar-refractivity contribution in [3.05, 3.63) is 64.1 Å². The van der Waals surface area contributed by atoms with Gasteiger partial charge in [0.2, 0.25) is 21.8 Å². The van der Waals surface area contributed by atoms with Gasteiger partial charge in [0, 0.05) is 22.6 Å². The summed E-state index contributed by atoms with van der Waals surface area (Å²) < 4.78 is 27.1. The number of carbonyl (C=O) groups is 3. The van der Waals surface area contributed by atoms with Crippen LogP contribution in [-0.2, 0) is 26.2 Å². The molecule has 0 bridgehead atoms. The quantitative estimate of drug-likeness (QED) is 0.418. The molecule has 2 atom stereocenters. The number of rotatable bonds is 11. The molecule has 0 saturated carbocycles. The summed E-state index contributed by atoms with van der Waals surface area (Å²) in [7, 11) is -3.87. The van der Waals surface area contributed by atoms with Gasteiger partial charge in [-0.15, -0.1) is 0 Å². The van der Waals surface area contributed by atoms with Gasteiger partial charge in [-0.1, -0.05) is 47.1 Å². The number of carbonyl (C=O) groups excluding carboxylic acids is 3. The van der Waals surface area contributed by atoms with Crippen LogP contribution < -0.4 is 9.62 Å². The zero-order chi connectivity index (χ0) is 26.3. The fourth-order valence-electron chi connectivity index (χ4n) is 3.37. The van der Waals surface area contributed by atoms with Gasteiger partial charge in [-0.3, -0.25) is 18.7 Å². The molecule has 0 spiro atoms. The van der Waals surface area contributed by atoms with Gasteiger partial charge in [0.15, 0.2) is 5.78 Å². The van der Waals surface area contributed by atoms with E-state index in [9.17, 15) is 22.8 Å². The maximum Gasteiger partial charge on any atom is 0.244 e. The van der Waals surface area contributed by atoms with Crippen LogP contribution in [-0.4, -0.2) is 55.8 Å². The van der Waals surface area contributed by atoms with Gasteiger partial charge in [-0.05, 0) is 57.0 Å². The van der Waals surface area contributed by atoms with E-state index in [2.05, 4.69) is 21.2 Å². The fraction of sp³-hybridized carbons (Fsp3) is 0.400. The molecule has 0 heterocycles. The highest BCUT2D eigenvalue weighted by molar-refractivity contribution is 9.10. The summed E-state index contributed by atoms with van der Waals surface area (Å²) in [5, 5.41) is 2.89. The van der Waals surface area contributed by atoms with Crippen molar-refractivity contribution in [2.24, 2.45) is 0 Å².